The van der Waals surface area contributed by atoms with Gasteiger partial charge in [0, 0.05) is 25.4 Å². The Kier molecular flexibility index (Phi) is 4.28. The summed E-state index contributed by atoms with van der Waals surface area (Å²) in [5.41, 5.74) is 4.17. The van der Waals surface area contributed by atoms with Crippen molar-refractivity contribution in [2.75, 3.05) is 19.0 Å². The molecule has 1 aliphatic heterocycles. The van der Waals surface area contributed by atoms with E-state index in [-0.39, 0.29) is 5.91 Å². The van der Waals surface area contributed by atoms with Gasteiger partial charge >= 0.3 is 0 Å². The Bertz CT molecular complexity index is 976. The molecule has 1 unspecified atom stereocenters. The highest BCUT2D eigenvalue weighted by atomic mass is 16.2. The molecule has 4 rings (SSSR count). The lowest BCUT2D eigenvalue weighted by molar-refractivity contribution is -0.115. The van der Waals surface area contributed by atoms with Crippen molar-refractivity contribution in [1.29, 1.82) is 0 Å². The van der Waals surface area contributed by atoms with E-state index in [1.165, 1.54) is 0 Å². The van der Waals surface area contributed by atoms with Crippen molar-refractivity contribution in [3.63, 3.8) is 0 Å². The minimum Gasteiger partial charge on any atom is -0.378 e. The minimum absolute atomic E-state index is 0.0539. The van der Waals surface area contributed by atoms with Gasteiger partial charge < -0.3 is 10.2 Å². The van der Waals surface area contributed by atoms with Gasteiger partial charge in [0.05, 0.1) is 0 Å². The minimum atomic E-state index is -0.672. The lowest BCUT2D eigenvalue weighted by Gasteiger charge is -2.29. The van der Waals surface area contributed by atoms with Gasteiger partial charge in [-0.2, -0.15) is 0 Å². The number of nitrogens with zero attached hydrogens (tertiary/aromatic N) is 1. The second-order valence-corrected chi connectivity index (χ2v) is 6.99. The molecule has 27 heavy (non-hydrogen) atoms. The average molecular weight is 354 g/mol. The van der Waals surface area contributed by atoms with Gasteiger partial charge in [-0.25, -0.2) is 0 Å². The molecule has 3 heteroatoms. The molecular weight excluding hydrogens is 332 g/mol. The molecule has 0 radical (unpaired) electrons. The maximum atomic E-state index is 12.9. The third-order valence-electron chi connectivity index (χ3n) is 5.07. The van der Waals surface area contributed by atoms with Crippen LogP contribution in [0, 0.1) is 0 Å². The van der Waals surface area contributed by atoms with Crippen LogP contribution in [0.1, 0.15) is 16.7 Å². The number of carbonyl (C=O) groups excluding carboxylic acids is 1. The van der Waals surface area contributed by atoms with Gasteiger partial charge in [-0.05, 0) is 34.9 Å². The second-order valence-electron chi connectivity index (χ2n) is 6.99. The van der Waals surface area contributed by atoms with E-state index in [2.05, 4.69) is 52.7 Å². The molecule has 0 aliphatic carbocycles. The van der Waals surface area contributed by atoms with Gasteiger partial charge in [-0.3, -0.25) is 4.79 Å². The first-order valence-corrected chi connectivity index (χ1v) is 9.04. The van der Waals surface area contributed by atoms with Crippen molar-refractivity contribution in [1.82, 2.24) is 5.32 Å². The van der Waals surface area contributed by atoms with Gasteiger partial charge in [0.25, 0.3) is 5.91 Å². The van der Waals surface area contributed by atoms with E-state index in [0.29, 0.717) is 5.57 Å². The molecular formula is C24H22N2O. The van der Waals surface area contributed by atoms with Gasteiger partial charge in [-0.15, -0.1) is 0 Å². The molecule has 0 spiro atoms. The summed E-state index contributed by atoms with van der Waals surface area (Å²) in [6.07, 6.45) is 2.06. The zero-order valence-corrected chi connectivity index (χ0v) is 15.5. The molecule has 3 aromatic carbocycles. The first kappa shape index (κ1) is 17.1. The molecule has 0 bridgehead atoms. The molecule has 1 amide bonds. The quantitative estimate of drug-likeness (QED) is 0.761. The molecule has 0 saturated heterocycles. The van der Waals surface area contributed by atoms with Crippen LogP contribution in [0.5, 0.6) is 0 Å². The van der Waals surface area contributed by atoms with Crippen molar-refractivity contribution in [2.24, 2.45) is 0 Å². The van der Waals surface area contributed by atoms with E-state index < -0.39 is 5.54 Å². The van der Waals surface area contributed by atoms with E-state index in [1.807, 2.05) is 62.6 Å². The number of rotatable bonds is 4. The molecule has 0 aromatic heterocycles. The Hall–Kier alpha value is -3.33. The average Bonchev–Trinajstić information content (AvgIpc) is 3.08. The van der Waals surface area contributed by atoms with Crippen molar-refractivity contribution in [3.05, 3.63) is 108 Å². The summed E-state index contributed by atoms with van der Waals surface area (Å²) >= 11 is 0. The van der Waals surface area contributed by atoms with Crippen molar-refractivity contribution in [3.8, 4) is 0 Å². The molecule has 1 aliphatic rings. The maximum absolute atomic E-state index is 12.9. The Morgan fingerprint density at radius 3 is 1.89 bits per heavy atom. The lowest BCUT2D eigenvalue weighted by Crippen LogP contribution is -2.40. The molecule has 134 valence electrons. The van der Waals surface area contributed by atoms with Crippen LogP contribution in [0.4, 0.5) is 5.69 Å². The van der Waals surface area contributed by atoms with Crippen molar-refractivity contribution < 1.29 is 4.79 Å². The molecule has 3 aromatic rings. The first-order chi connectivity index (χ1) is 13.1. The number of benzene rings is 3. The highest BCUT2D eigenvalue weighted by Gasteiger charge is 2.40. The van der Waals surface area contributed by atoms with Gasteiger partial charge in [0.1, 0.15) is 5.54 Å². The standard InChI is InChI=1S/C24H22N2O/c1-26(2)21-15-13-20(14-16-21)24(19-11-7-4-8-12-19)17-22(23(27)25-24)18-9-5-3-6-10-18/h3-17H,1-2H3,(H,25,27). The smallest absolute Gasteiger partial charge is 0.252 e. The third-order valence-corrected chi connectivity index (χ3v) is 5.07. The summed E-state index contributed by atoms with van der Waals surface area (Å²) in [6.45, 7) is 0. The monoisotopic (exact) mass is 354 g/mol. The third kappa shape index (κ3) is 3.02. The molecule has 3 nitrogen and oxygen atoms in total. The van der Waals surface area contributed by atoms with Gasteiger partial charge in [-0.1, -0.05) is 72.8 Å². The fourth-order valence-corrected chi connectivity index (χ4v) is 3.60. The van der Waals surface area contributed by atoms with Crippen LogP contribution in [-0.4, -0.2) is 20.0 Å². The van der Waals surface area contributed by atoms with Crippen LogP contribution < -0.4 is 10.2 Å². The fourth-order valence-electron chi connectivity index (χ4n) is 3.60. The Morgan fingerprint density at radius 2 is 1.30 bits per heavy atom. The highest BCUT2D eigenvalue weighted by Crippen LogP contribution is 2.39. The summed E-state index contributed by atoms with van der Waals surface area (Å²) in [4.78, 5) is 15.0. The number of carbonyl (C=O) groups is 1. The van der Waals surface area contributed by atoms with Crippen LogP contribution in [0.15, 0.2) is 91.0 Å². The fraction of sp³-hybridized carbons (Fsp3) is 0.125. The van der Waals surface area contributed by atoms with Gasteiger partial charge in [0.2, 0.25) is 0 Å². The van der Waals surface area contributed by atoms with E-state index in [0.717, 1.165) is 22.4 Å². The van der Waals surface area contributed by atoms with E-state index in [4.69, 9.17) is 0 Å². The normalized spacial score (nSPS) is 18.7. The van der Waals surface area contributed by atoms with Crippen LogP contribution in [0.25, 0.3) is 5.57 Å². The number of nitrogens with one attached hydrogen (secondary N) is 1. The van der Waals surface area contributed by atoms with Crippen LogP contribution in [0.2, 0.25) is 0 Å². The van der Waals surface area contributed by atoms with E-state index in [9.17, 15) is 4.79 Å². The molecule has 1 atom stereocenters. The highest BCUT2D eigenvalue weighted by molar-refractivity contribution is 6.22. The van der Waals surface area contributed by atoms with Crippen molar-refractivity contribution in [2.45, 2.75) is 5.54 Å². The van der Waals surface area contributed by atoms with Crippen LogP contribution in [-0.2, 0) is 10.3 Å². The Morgan fingerprint density at radius 1 is 0.741 bits per heavy atom. The lowest BCUT2D eigenvalue weighted by atomic mass is 9.83. The predicted octanol–water partition coefficient (Wildman–Crippen LogP) is 4.21. The zero-order chi connectivity index (χ0) is 18.9. The van der Waals surface area contributed by atoms with Crippen LogP contribution >= 0.6 is 0 Å². The predicted molar refractivity (Wildman–Crippen MR) is 111 cm³/mol. The number of hydrogen-bond acceptors (Lipinski definition) is 2. The SMILES string of the molecule is CN(C)c1ccc(C2(c3ccccc3)C=C(c3ccccc3)C(=O)N2)cc1. The van der Waals surface area contributed by atoms with Crippen LogP contribution in [0.3, 0.4) is 0 Å². The Labute approximate surface area is 160 Å². The summed E-state index contributed by atoms with van der Waals surface area (Å²) in [7, 11) is 4.04. The first-order valence-electron chi connectivity index (χ1n) is 9.04. The number of hydrogen-bond donors (Lipinski definition) is 1. The summed E-state index contributed by atoms with van der Waals surface area (Å²) in [6, 6.07) is 28.3. The number of anilines is 1. The van der Waals surface area contributed by atoms with E-state index in [1.54, 1.807) is 0 Å². The summed E-state index contributed by atoms with van der Waals surface area (Å²) in [5.74, 6) is -0.0539. The summed E-state index contributed by atoms with van der Waals surface area (Å²) < 4.78 is 0. The van der Waals surface area contributed by atoms with E-state index >= 15 is 0 Å². The topological polar surface area (TPSA) is 32.3 Å². The molecule has 1 N–H and O–H groups in total. The number of amides is 1. The zero-order valence-electron chi connectivity index (χ0n) is 15.5. The summed E-state index contributed by atoms with van der Waals surface area (Å²) in [5, 5.41) is 3.25. The second kappa shape index (κ2) is 6.76. The molecule has 0 saturated carbocycles. The molecule has 0 fully saturated rings. The van der Waals surface area contributed by atoms with Gasteiger partial charge in [0.15, 0.2) is 0 Å². The Balaban J connectivity index is 1.89. The molecule has 1 heterocycles. The van der Waals surface area contributed by atoms with Crippen molar-refractivity contribution >= 4 is 17.2 Å². The maximum Gasteiger partial charge on any atom is 0.252 e. The largest absolute Gasteiger partial charge is 0.378 e.